The fourth-order valence-corrected chi connectivity index (χ4v) is 2.90. The second-order valence-electron chi connectivity index (χ2n) is 7.12. The minimum absolute atomic E-state index is 0. The number of nitrogens with zero attached hydrogens (tertiary/aromatic N) is 2. The van der Waals surface area contributed by atoms with Crippen molar-refractivity contribution in [2.45, 2.75) is 32.4 Å². The van der Waals surface area contributed by atoms with Crippen LogP contribution in [0.25, 0.3) is 0 Å². The number of rotatable bonds is 8. The van der Waals surface area contributed by atoms with Crippen LogP contribution in [0.3, 0.4) is 0 Å². The van der Waals surface area contributed by atoms with Gasteiger partial charge in [0.15, 0.2) is 17.5 Å². The van der Waals surface area contributed by atoms with E-state index in [1.807, 2.05) is 13.0 Å². The van der Waals surface area contributed by atoms with Gasteiger partial charge in [0.1, 0.15) is 0 Å². The average Bonchev–Trinajstić information content (AvgIpc) is 3.54. The Kier molecular flexibility index (Phi) is 8.82. The molecular weight excluding hydrogens is 502 g/mol. The minimum atomic E-state index is -0.411. The first-order valence-electron chi connectivity index (χ1n) is 9.59. The molecule has 0 spiro atoms. The Hall–Kier alpha value is -2.43. The molecule has 0 amide bonds. The van der Waals surface area contributed by atoms with Gasteiger partial charge in [-0.3, -0.25) is 15.1 Å². The maximum absolute atomic E-state index is 14.3. The van der Waals surface area contributed by atoms with E-state index < -0.39 is 4.92 Å². The number of benzene rings is 2. The molecule has 162 valence electrons. The van der Waals surface area contributed by atoms with Crippen LogP contribution >= 0.6 is 24.0 Å². The molecule has 0 aromatic heterocycles. The van der Waals surface area contributed by atoms with Gasteiger partial charge in [0.2, 0.25) is 0 Å². The lowest BCUT2D eigenvalue weighted by atomic mass is 10.1. The van der Waals surface area contributed by atoms with Gasteiger partial charge in [-0.05, 0) is 43.4 Å². The monoisotopic (exact) mass is 528 g/mol. The Labute approximate surface area is 192 Å². The largest absolute Gasteiger partial charge is 0.490 e. The van der Waals surface area contributed by atoms with Gasteiger partial charge in [-0.25, -0.2) is 4.39 Å². The highest BCUT2D eigenvalue weighted by Crippen LogP contribution is 2.30. The van der Waals surface area contributed by atoms with Crippen LogP contribution in [0.1, 0.15) is 36.9 Å². The Balaban J connectivity index is 0.00000320. The van der Waals surface area contributed by atoms with Gasteiger partial charge >= 0.3 is 0 Å². The van der Waals surface area contributed by atoms with Crippen molar-refractivity contribution in [3.63, 3.8) is 0 Å². The van der Waals surface area contributed by atoms with Crippen LogP contribution < -0.4 is 15.4 Å². The molecule has 30 heavy (non-hydrogen) atoms. The first-order valence-corrected chi connectivity index (χ1v) is 9.59. The fraction of sp³-hybridized carbons (Fsp3) is 0.381. The molecule has 0 aliphatic heterocycles. The van der Waals surface area contributed by atoms with Crippen LogP contribution in [-0.4, -0.2) is 24.5 Å². The van der Waals surface area contributed by atoms with Gasteiger partial charge < -0.3 is 15.4 Å². The van der Waals surface area contributed by atoms with Crippen LogP contribution in [0, 0.1) is 21.8 Å². The molecule has 0 bridgehead atoms. The zero-order chi connectivity index (χ0) is 20.8. The van der Waals surface area contributed by atoms with E-state index in [4.69, 9.17) is 4.74 Å². The van der Waals surface area contributed by atoms with Gasteiger partial charge in [0, 0.05) is 25.2 Å². The zero-order valence-electron chi connectivity index (χ0n) is 16.9. The van der Waals surface area contributed by atoms with E-state index in [0.29, 0.717) is 24.0 Å². The molecule has 7 nitrogen and oxygen atoms in total. The van der Waals surface area contributed by atoms with Gasteiger partial charge in [-0.15, -0.1) is 24.0 Å². The van der Waals surface area contributed by atoms with Crippen LogP contribution in [0.2, 0.25) is 0 Å². The third-order valence-electron chi connectivity index (χ3n) is 4.84. The lowest BCUT2D eigenvalue weighted by Crippen LogP contribution is -2.38. The minimum Gasteiger partial charge on any atom is -0.490 e. The number of para-hydroxylation sites is 1. The van der Waals surface area contributed by atoms with Crippen LogP contribution in [-0.2, 0) is 6.54 Å². The van der Waals surface area contributed by atoms with Crippen LogP contribution in [0.4, 0.5) is 10.1 Å². The van der Waals surface area contributed by atoms with Crippen molar-refractivity contribution in [1.29, 1.82) is 0 Å². The number of hydrogen-bond donors (Lipinski definition) is 2. The maximum Gasteiger partial charge on any atom is 0.274 e. The summed E-state index contributed by atoms with van der Waals surface area (Å²) < 4.78 is 19.9. The first-order chi connectivity index (χ1) is 14.0. The number of guanidine groups is 1. The number of ether oxygens (including phenoxy) is 1. The molecule has 1 aliphatic rings. The summed E-state index contributed by atoms with van der Waals surface area (Å²) in [6.07, 6.45) is 2.30. The summed E-state index contributed by atoms with van der Waals surface area (Å²) in [4.78, 5) is 14.9. The standard InChI is InChI=1S/C21H25FN4O3.HI/c1-14(16-9-10-20(18(22)11-16)29-13-15-7-8-15)25-21(23-2)24-12-17-5-3-4-6-19(17)26(27)28;/h3-6,9-11,14-15H,7-8,12-13H2,1-2H3,(H2,23,24,25);1H. The number of nitrogens with one attached hydrogen (secondary N) is 2. The molecule has 2 N–H and O–H groups in total. The smallest absolute Gasteiger partial charge is 0.274 e. The topological polar surface area (TPSA) is 88.8 Å². The van der Waals surface area contributed by atoms with E-state index in [-0.39, 0.29) is 53.8 Å². The summed E-state index contributed by atoms with van der Waals surface area (Å²) in [5, 5.41) is 17.4. The molecule has 9 heteroatoms. The second-order valence-corrected chi connectivity index (χ2v) is 7.12. The molecule has 1 atom stereocenters. The average molecular weight is 528 g/mol. The van der Waals surface area contributed by atoms with Crippen molar-refractivity contribution < 1.29 is 14.1 Å². The lowest BCUT2D eigenvalue weighted by Gasteiger charge is -2.19. The van der Waals surface area contributed by atoms with Crippen molar-refractivity contribution >= 4 is 35.6 Å². The third kappa shape index (κ3) is 6.54. The summed E-state index contributed by atoms with van der Waals surface area (Å²) in [5.41, 5.74) is 1.35. The first kappa shape index (κ1) is 23.8. The molecular formula is C21H26FIN4O3. The van der Waals surface area contributed by atoms with Crippen LogP contribution in [0.5, 0.6) is 5.75 Å². The van der Waals surface area contributed by atoms with Crippen molar-refractivity contribution in [2.24, 2.45) is 10.9 Å². The predicted octanol–water partition coefficient (Wildman–Crippen LogP) is 4.57. The normalized spacial score (nSPS) is 14.4. The summed E-state index contributed by atoms with van der Waals surface area (Å²) in [5.74, 6) is 0.904. The molecule has 1 saturated carbocycles. The van der Waals surface area contributed by atoms with Crippen molar-refractivity contribution in [3.05, 3.63) is 69.5 Å². The molecule has 1 aliphatic carbocycles. The SMILES string of the molecule is CN=C(NCc1ccccc1[N+](=O)[O-])NC(C)c1ccc(OCC2CC2)c(F)c1.I. The number of nitro benzene ring substituents is 1. The fourth-order valence-electron chi connectivity index (χ4n) is 2.90. The van der Waals surface area contributed by atoms with E-state index in [0.717, 1.165) is 18.4 Å². The molecule has 2 aromatic rings. The zero-order valence-corrected chi connectivity index (χ0v) is 19.3. The Morgan fingerprint density at radius 1 is 1.33 bits per heavy atom. The van der Waals surface area contributed by atoms with Crippen molar-refractivity contribution in [1.82, 2.24) is 10.6 Å². The molecule has 1 fully saturated rings. The molecule has 0 heterocycles. The maximum atomic E-state index is 14.3. The molecule has 0 radical (unpaired) electrons. The highest BCUT2D eigenvalue weighted by atomic mass is 127. The Morgan fingerprint density at radius 3 is 2.70 bits per heavy atom. The summed E-state index contributed by atoms with van der Waals surface area (Å²) in [6.45, 7) is 2.69. The van der Waals surface area contributed by atoms with Gasteiger partial charge in [0.25, 0.3) is 5.69 Å². The van der Waals surface area contributed by atoms with Crippen molar-refractivity contribution in [3.8, 4) is 5.75 Å². The van der Waals surface area contributed by atoms with E-state index in [1.54, 1.807) is 31.3 Å². The van der Waals surface area contributed by atoms with Crippen molar-refractivity contribution in [2.75, 3.05) is 13.7 Å². The van der Waals surface area contributed by atoms with Gasteiger partial charge in [-0.1, -0.05) is 24.3 Å². The van der Waals surface area contributed by atoms with Gasteiger partial charge in [-0.2, -0.15) is 0 Å². The predicted molar refractivity (Wildman–Crippen MR) is 125 cm³/mol. The van der Waals surface area contributed by atoms with E-state index in [1.165, 1.54) is 12.1 Å². The summed E-state index contributed by atoms with van der Waals surface area (Å²) in [7, 11) is 1.61. The molecule has 1 unspecified atom stereocenters. The second kappa shape index (κ2) is 11.1. The summed E-state index contributed by atoms with van der Waals surface area (Å²) >= 11 is 0. The van der Waals surface area contributed by atoms with Gasteiger partial charge in [0.05, 0.1) is 17.6 Å². The Morgan fingerprint density at radius 2 is 2.07 bits per heavy atom. The third-order valence-corrected chi connectivity index (χ3v) is 4.84. The van der Waals surface area contributed by atoms with Crippen LogP contribution in [0.15, 0.2) is 47.5 Å². The Bertz CT molecular complexity index is 906. The molecule has 0 saturated heterocycles. The quantitative estimate of drug-likeness (QED) is 0.172. The van der Waals surface area contributed by atoms with E-state index in [2.05, 4.69) is 15.6 Å². The molecule has 3 rings (SSSR count). The highest BCUT2D eigenvalue weighted by molar-refractivity contribution is 14.0. The number of hydrogen-bond acceptors (Lipinski definition) is 4. The van der Waals surface area contributed by atoms with E-state index in [9.17, 15) is 14.5 Å². The number of aliphatic imine (C=N–C) groups is 1. The highest BCUT2D eigenvalue weighted by Gasteiger charge is 2.22. The lowest BCUT2D eigenvalue weighted by molar-refractivity contribution is -0.385. The van der Waals surface area contributed by atoms with E-state index >= 15 is 0 Å². The summed E-state index contributed by atoms with van der Waals surface area (Å²) in [6, 6.07) is 11.2. The molecule has 2 aromatic carbocycles. The number of nitro groups is 1. The number of halogens is 2.